The van der Waals surface area contributed by atoms with Crippen LogP contribution in [-0.2, 0) is 15.1 Å². The van der Waals surface area contributed by atoms with Gasteiger partial charge in [0.05, 0.1) is 12.7 Å². The minimum absolute atomic E-state index is 0.0835. The maximum atomic E-state index is 14.5. The lowest BCUT2D eigenvalue weighted by molar-refractivity contribution is -0.271. The fourth-order valence-electron chi connectivity index (χ4n) is 6.03. The number of nitrogens with zero attached hydrogens (tertiary/aromatic N) is 1. The first-order valence-electron chi connectivity index (χ1n) is 13.2. The van der Waals surface area contributed by atoms with Gasteiger partial charge in [0, 0.05) is 44.6 Å². The number of amides is 1. The summed E-state index contributed by atoms with van der Waals surface area (Å²) in [5.74, 6) is -0.222. The molecule has 208 valence electrons. The molecule has 0 bridgehead atoms. The van der Waals surface area contributed by atoms with E-state index in [1.54, 1.807) is 13.0 Å². The normalized spacial score (nSPS) is 22.1. The van der Waals surface area contributed by atoms with E-state index in [2.05, 4.69) is 5.32 Å². The molecule has 2 aliphatic rings. The molecule has 4 rings (SSSR count). The maximum Gasteiger partial charge on any atom is 0.430 e. The summed E-state index contributed by atoms with van der Waals surface area (Å²) in [4.78, 5) is 14.9. The highest BCUT2D eigenvalue weighted by Gasteiger charge is 2.64. The predicted molar refractivity (Wildman–Crippen MR) is 138 cm³/mol. The Morgan fingerprint density at radius 3 is 2.39 bits per heavy atom. The van der Waals surface area contributed by atoms with E-state index in [0.29, 0.717) is 25.9 Å². The molecule has 0 saturated carbocycles. The van der Waals surface area contributed by atoms with Gasteiger partial charge in [-0.25, -0.2) is 0 Å². The molecule has 2 heterocycles. The predicted octanol–water partition coefficient (Wildman–Crippen LogP) is 4.63. The van der Waals surface area contributed by atoms with Crippen molar-refractivity contribution in [2.24, 2.45) is 5.41 Å². The first-order chi connectivity index (χ1) is 18.1. The van der Waals surface area contributed by atoms with E-state index in [1.165, 1.54) is 29.2 Å². The molecule has 1 amide bonds. The number of methoxy groups -OCH3 is 1. The average molecular weight is 535 g/mol. The lowest BCUT2D eigenvalue weighted by atomic mass is 9.62. The smallest absolute Gasteiger partial charge is 0.430 e. The van der Waals surface area contributed by atoms with Crippen LogP contribution in [-0.4, -0.2) is 68.1 Å². The summed E-state index contributed by atoms with van der Waals surface area (Å²) in [5, 5.41) is 13.1. The summed E-state index contributed by atoms with van der Waals surface area (Å²) < 4.78 is 54.5. The number of hydrogen-bond acceptors (Lipinski definition) is 5. The average Bonchev–Trinajstić information content (AvgIpc) is 2.90. The third-order valence-electron chi connectivity index (χ3n) is 8.21. The minimum atomic E-state index is -4.92. The zero-order valence-corrected chi connectivity index (χ0v) is 22.0. The Morgan fingerprint density at radius 1 is 1.11 bits per heavy atom. The van der Waals surface area contributed by atoms with Crippen molar-refractivity contribution in [3.63, 3.8) is 0 Å². The molecule has 9 heteroatoms. The topological polar surface area (TPSA) is 71.0 Å². The SMILES string of the molecule is CO[C@@](C(=O)N1CCC2(CCNCC2c2ccccc2OCCC(C)O)CC1)(c1ccccc1)C(F)(F)F. The van der Waals surface area contributed by atoms with Crippen LogP contribution >= 0.6 is 0 Å². The molecular weight excluding hydrogens is 497 g/mol. The molecule has 0 aromatic heterocycles. The largest absolute Gasteiger partial charge is 0.493 e. The number of aliphatic hydroxyl groups excluding tert-OH is 1. The van der Waals surface area contributed by atoms with Crippen molar-refractivity contribution in [1.29, 1.82) is 0 Å². The maximum absolute atomic E-state index is 14.5. The standard InChI is InChI=1S/C29H37F3N2O4/c1-21(35)12-19-38-25-11-7-6-10-23(25)24-20-33-16-13-27(24)14-17-34(18-15-27)26(36)28(37-2,29(30,31)32)22-8-4-3-5-9-22/h3-11,21,24,33,35H,12-20H2,1-2H3/t21?,24?,28-/m1/s1. The molecule has 3 atom stereocenters. The monoisotopic (exact) mass is 534 g/mol. The van der Waals surface area contributed by atoms with Crippen molar-refractivity contribution in [2.45, 2.75) is 56.4 Å². The summed E-state index contributed by atoms with van der Waals surface area (Å²) in [6.45, 7) is 4.07. The molecule has 2 fully saturated rings. The lowest BCUT2D eigenvalue weighted by Crippen LogP contribution is -2.59. The number of carbonyl (C=O) groups excluding carboxylic acids is 1. The first-order valence-corrected chi connectivity index (χ1v) is 13.2. The van der Waals surface area contributed by atoms with Crippen molar-refractivity contribution in [2.75, 3.05) is 39.9 Å². The molecule has 6 nitrogen and oxygen atoms in total. The number of piperidine rings is 2. The number of nitrogens with one attached hydrogen (secondary N) is 1. The molecule has 2 aromatic rings. The Kier molecular flexibility index (Phi) is 8.69. The van der Waals surface area contributed by atoms with Crippen LogP contribution in [0.2, 0.25) is 0 Å². The second-order valence-electron chi connectivity index (χ2n) is 10.4. The van der Waals surface area contributed by atoms with Crippen molar-refractivity contribution >= 4 is 5.91 Å². The Morgan fingerprint density at radius 2 is 1.76 bits per heavy atom. The molecule has 2 aliphatic heterocycles. The van der Waals surface area contributed by atoms with Crippen LogP contribution in [0.5, 0.6) is 5.75 Å². The van der Waals surface area contributed by atoms with Gasteiger partial charge in [-0.1, -0.05) is 48.5 Å². The van der Waals surface area contributed by atoms with Crippen LogP contribution in [0.25, 0.3) is 0 Å². The van der Waals surface area contributed by atoms with Crippen molar-refractivity contribution in [1.82, 2.24) is 10.2 Å². The summed E-state index contributed by atoms with van der Waals surface area (Å²) >= 11 is 0. The highest BCUT2D eigenvalue weighted by Crippen LogP contribution is 2.51. The number of hydrogen-bond donors (Lipinski definition) is 2. The Labute approximate surface area is 222 Å². The quantitative estimate of drug-likeness (QED) is 0.517. The number of rotatable bonds is 8. The van der Waals surface area contributed by atoms with E-state index >= 15 is 0 Å². The third-order valence-corrected chi connectivity index (χ3v) is 8.21. The van der Waals surface area contributed by atoms with Crippen LogP contribution < -0.4 is 10.1 Å². The fourth-order valence-corrected chi connectivity index (χ4v) is 6.03. The summed E-state index contributed by atoms with van der Waals surface area (Å²) in [6, 6.07) is 15.0. The zero-order chi connectivity index (χ0) is 27.4. The molecule has 38 heavy (non-hydrogen) atoms. The summed E-state index contributed by atoms with van der Waals surface area (Å²) in [5.41, 5.74) is -2.39. The molecule has 0 aliphatic carbocycles. The number of aliphatic hydroxyl groups is 1. The number of carbonyl (C=O) groups is 1. The van der Waals surface area contributed by atoms with Gasteiger partial charge in [0.1, 0.15) is 5.75 Å². The molecular formula is C29H37F3N2O4. The van der Waals surface area contributed by atoms with Crippen molar-refractivity contribution in [3.8, 4) is 5.75 Å². The van der Waals surface area contributed by atoms with Crippen LogP contribution in [0.15, 0.2) is 54.6 Å². The van der Waals surface area contributed by atoms with Crippen molar-refractivity contribution < 1.29 is 32.5 Å². The highest BCUT2D eigenvalue weighted by molar-refractivity contribution is 5.88. The van der Waals surface area contributed by atoms with Gasteiger partial charge >= 0.3 is 6.18 Å². The van der Waals surface area contributed by atoms with Crippen LogP contribution in [0.1, 0.15) is 49.7 Å². The van der Waals surface area contributed by atoms with Gasteiger partial charge in [-0.2, -0.15) is 13.2 Å². The number of likely N-dealkylation sites (tertiary alicyclic amines) is 1. The van der Waals surface area contributed by atoms with Crippen LogP contribution in [0, 0.1) is 5.41 Å². The zero-order valence-electron chi connectivity index (χ0n) is 22.0. The summed E-state index contributed by atoms with van der Waals surface area (Å²) in [6.07, 6.45) is -2.84. The number of benzene rings is 2. The van der Waals surface area contributed by atoms with Gasteiger partial charge in [-0.15, -0.1) is 0 Å². The Bertz CT molecular complexity index is 1070. The lowest BCUT2D eigenvalue weighted by Gasteiger charge is -2.51. The minimum Gasteiger partial charge on any atom is -0.493 e. The Balaban J connectivity index is 1.57. The molecule has 2 N–H and O–H groups in total. The molecule has 2 aromatic carbocycles. The number of alkyl halides is 3. The molecule has 2 unspecified atom stereocenters. The van der Waals surface area contributed by atoms with Gasteiger partial charge in [0.2, 0.25) is 0 Å². The van der Waals surface area contributed by atoms with Gasteiger partial charge in [0.25, 0.3) is 11.5 Å². The first kappa shape index (κ1) is 28.4. The van der Waals surface area contributed by atoms with E-state index in [-0.39, 0.29) is 30.0 Å². The fraction of sp³-hybridized carbons (Fsp3) is 0.552. The van der Waals surface area contributed by atoms with Crippen LogP contribution in [0.4, 0.5) is 13.2 Å². The third kappa shape index (κ3) is 5.42. The van der Waals surface area contributed by atoms with Gasteiger partial charge in [0.15, 0.2) is 0 Å². The molecule has 2 saturated heterocycles. The van der Waals surface area contributed by atoms with E-state index in [9.17, 15) is 23.1 Å². The number of halogens is 3. The van der Waals surface area contributed by atoms with Gasteiger partial charge < -0.3 is 24.8 Å². The van der Waals surface area contributed by atoms with Gasteiger partial charge in [-0.3, -0.25) is 4.79 Å². The second-order valence-corrected chi connectivity index (χ2v) is 10.4. The van der Waals surface area contributed by atoms with Gasteiger partial charge in [-0.05, 0) is 49.8 Å². The summed E-state index contributed by atoms with van der Waals surface area (Å²) in [7, 11) is 0.946. The second kappa shape index (κ2) is 11.6. The van der Waals surface area contributed by atoms with Crippen LogP contribution in [0.3, 0.4) is 0 Å². The van der Waals surface area contributed by atoms with E-state index in [1.807, 2.05) is 24.3 Å². The number of ether oxygens (including phenoxy) is 2. The number of para-hydroxylation sites is 1. The molecule has 1 spiro atoms. The van der Waals surface area contributed by atoms with E-state index in [4.69, 9.17) is 9.47 Å². The van der Waals surface area contributed by atoms with Crippen molar-refractivity contribution in [3.05, 3.63) is 65.7 Å². The highest BCUT2D eigenvalue weighted by atomic mass is 19.4. The van der Waals surface area contributed by atoms with E-state index in [0.717, 1.165) is 37.9 Å². The molecule has 0 radical (unpaired) electrons. The Hall–Kier alpha value is -2.62. The van der Waals surface area contributed by atoms with E-state index < -0.39 is 23.8 Å².